The van der Waals surface area contributed by atoms with Crippen molar-refractivity contribution in [2.75, 3.05) is 19.8 Å². The van der Waals surface area contributed by atoms with E-state index in [9.17, 15) is 39.8 Å². The molecule has 0 heterocycles. The van der Waals surface area contributed by atoms with Crippen molar-refractivity contribution in [2.24, 2.45) is 0 Å². The molecule has 0 amide bonds. The van der Waals surface area contributed by atoms with Gasteiger partial charge in [0.15, 0.2) is 0 Å². The monoisotopic (exact) mass is 895 g/mol. The number of phosphoric ester groups is 1. The topological polar surface area (TPSA) is 192 Å². The Morgan fingerprint density at radius 2 is 0.952 bits per heavy atom. The van der Waals surface area contributed by atoms with Crippen LogP contribution in [0.1, 0.15) is 155 Å². The fourth-order valence-electron chi connectivity index (χ4n) is 6.53. The van der Waals surface area contributed by atoms with Gasteiger partial charge in [-0.2, -0.15) is 0 Å². The molecule has 1 saturated carbocycles. The molecule has 1 aliphatic rings. The first-order valence-electron chi connectivity index (χ1n) is 23.4. The van der Waals surface area contributed by atoms with Gasteiger partial charge in [0.05, 0.1) is 13.2 Å². The predicted octanol–water partition coefficient (Wildman–Crippen LogP) is 9.75. The highest BCUT2D eigenvalue weighted by atomic mass is 31.2. The summed E-state index contributed by atoms with van der Waals surface area (Å²) in [6.07, 6.45) is 39.3. The zero-order valence-electron chi connectivity index (χ0n) is 37.9. The van der Waals surface area contributed by atoms with Crippen molar-refractivity contribution in [3.05, 3.63) is 85.1 Å². The van der Waals surface area contributed by atoms with Gasteiger partial charge in [0, 0.05) is 13.0 Å². The maximum Gasteiger partial charge on any atom is 0.472 e. The first-order valence-corrected chi connectivity index (χ1v) is 24.9. The molecule has 12 nitrogen and oxygen atoms in total. The van der Waals surface area contributed by atoms with Crippen LogP contribution in [0, 0.1) is 0 Å². The summed E-state index contributed by atoms with van der Waals surface area (Å²) in [4.78, 5) is 23.2. The Kier molecular flexibility index (Phi) is 36.1. The van der Waals surface area contributed by atoms with Crippen molar-refractivity contribution in [1.82, 2.24) is 0 Å². The van der Waals surface area contributed by atoms with Gasteiger partial charge >= 0.3 is 13.8 Å². The Labute approximate surface area is 373 Å². The molecule has 0 aromatic heterocycles. The quantitative estimate of drug-likeness (QED) is 0.0149. The molecule has 1 fully saturated rings. The normalized spacial score (nSPS) is 22.8. The second kappa shape index (κ2) is 38.9. The van der Waals surface area contributed by atoms with Gasteiger partial charge in [0.2, 0.25) is 0 Å². The number of aliphatic hydroxyl groups is 5. The molecular formula is C49H83O12P. The summed E-state index contributed by atoms with van der Waals surface area (Å²) in [6, 6.07) is 0. The minimum absolute atomic E-state index is 0.109. The summed E-state index contributed by atoms with van der Waals surface area (Å²) in [6.45, 7) is 4.01. The maximum absolute atomic E-state index is 12.8. The fourth-order valence-corrected chi connectivity index (χ4v) is 7.50. The molecule has 1 rings (SSSR count). The summed E-state index contributed by atoms with van der Waals surface area (Å²) in [5, 5.41) is 50.2. The Balaban J connectivity index is 2.43. The van der Waals surface area contributed by atoms with Crippen LogP contribution in [0.25, 0.3) is 0 Å². The van der Waals surface area contributed by atoms with Crippen LogP contribution in [0.4, 0.5) is 0 Å². The lowest BCUT2D eigenvalue weighted by molar-refractivity contribution is -0.220. The number of unbranched alkanes of at least 4 members (excludes halogenated alkanes) is 12. The maximum atomic E-state index is 12.8. The van der Waals surface area contributed by atoms with E-state index >= 15 is 0 Å². The van der Waals surface area contributed by atoms with Gasteiger partial charge in [-0.15, -0.1) is 0 Å². The molecular weight excluding hydrogens is 812 g/mol. The molecule has 13 heteroatoms. The smallest absolute Gasteiger partial charge is 0.457 e. The summed E-state index contributed by atoms with van der Waals surface area (Å²) in [7, 11) is -5.04. The van der Waals surface area contributed by atoms with E-state index in [1.807, 2.05) is 0 Å². The highest BCUT2D eigenvalue weighted by Crippen LogP contribution is 2.47. The van der Waals surface area contributed by atoms with Crippen LogP contribution < -0.4 is 0 Å². The molecule has 6 unspecified atom stereocenters. The molecule has 356 valence electrons. The van der Waals surface area contributed by atoms with Crippen molar-refractivity contribution >= 4 is 13.8 Å². The van der Waals surface area contributed by atoms with Crippen LogP contribution in [0.3, 0.4) is 0 Å². The zero-order valence-corrected chi connectivity index (χ0v) is 38.8. The number of phosphoric acid groups is 1. The first-order chi connectivity index (χ1) is 30.0. The second-order valence-corrected chi connectivity index (χ2v) is 17.3. The van der Waals surface area contributed by atoms with E-state index in [-0.39, 0.29) is 13.0 Å². The highest BCUT2D eigenvalue weighted by molar-refractivity contribution is 7.47. The lowest BCUT2D eigenvalue weighted by Crippen LogP contribution is -2.64. The molecule has 0 aromatic rings. The average Bonchev–Trinajstić information content (AvgIpc) is 3.26. The van der Waals surface area contributed by atoms with Crippen molar-refractivity contribution < 1.29 is 58.3 Å². The third-order valence-electron chi connectivity index (χ3n) is 10.3. The van der Waals surface area contributed by atoms with Gasteiger partial charge in [-0.25, -0.2) is 4.57 Å². The molecule has 0 aromatic carbocycles. The number of allylic oxidation sites excluding steroid dienone is 14. The Bertz CT molecular complexity index is 1340. The first kappa shape index (κ1) is 57.5. The molecule has 62 heavy (non-hydrogen) atoms. The van der Waals surface area contributed by atoms with Crippen molar-refractivity contribution in [2.45, 2.75) is 198 Å². The molecule has 6 atom stereocenters. The Morgan fingerprint density at radius 1 is 0.532 bits per heavy atom. The van der Waals surface area contributed by atoms with Gasteiger partial charge in [0.25, 0.3) is 0 Å². The third kappa shape index (κ3) is 30.6. The Hall–Kier alpha value is -2.48. The lowest BCUT2D eigenvalue weighted by atomic mass is 9.85. The summed E-state index contributed by atoms with van der Waals surface area (Å²) < 4.78 is 34.1. The minimum Gasteiger partial charge on any atom is -0.457 e. The number of ether oxygens (including phenoxy) is 2. The van der Waals surface area contributed by atoms with Crippen molar-refractivity contribution in [1.29, 1.82) is 0 Å². The highest BCUT2D eigenvalue weighted by Gasteiger charge is 2.51. The number of hydrogen-bond donors (Lipinski definition) is 6. The number of rotatable bonds is 38. The molecule has 6 N–H and O–H groups in total. The molecule has 0 aliphatic heterocycles. The van der Waals surface area contributed by atoms with Gasteiger partial charge in [0.1, 0.15) is 42.7 Å². The lowest BCUT2D eigenvalue weighted by Gasteiger charge is -2.41. The largest absolute Gasteiger partial charge is 0.472 e. The average molecular weight is 895 g/mol. The molecule has 0 bridgehead atoms. The third-order valence-corrected chi connectivity index (χ3v) is 11.2. The SMILES string of the molecule is CC/C=C\C/C=C\C/C=C\C/C=C\CCCCCOCC(COP(=O)(O)OC1C(O)C(O)C(O)C(O)C1O)OC(=O)CCCCCCCC/C=C\C/C=C\C/C=C\CCCCC. The van der Waals surface area contributed by atoms with Crippen LogP contribution in [0.15, 0.2) is 85.1 Å². The number of carbonyl (C=O) groups is 1. The van der Waals surface area contributed by atoms with Crippen LogP contribution in [-0.4, -0.2) is 98.9 Å². The van der Waals surface area contributed by atoms with E-state index in [1.54, 1.807) is 0 Å². The predicted molar refractivity (Wildman–Crippen MR) is 248 cm³/mol. The van der Waals surface area contributed by atoms with Gasteiger partial charge < -0.3 is 39.9 Å². The van der Waals surface area contributed by atoms with Crippen molar-refractivity contribution in [3.8, 4) is 0 Å². The number of esters is 1. The van der Waals surface area contributed by atoms with Crippen LogP contribution in [0.5, 0.6) is 0 Å². The standard InChI is InChI=1S/C49H83O12P/c1-3-5-7-9-11-13-15-17-19-21-22-23-24-26-28-30-32-34-36-38-43(50)60-42(41-59-62(56,57)61-49-47(54)45(52)44(51)46(53)48(49)55)40-58-39-37-35-33-31-29-27-25-20-18-16-14-12-10-8-6-4-2/h6,8,11-14,17-20,22-23,27,29,42,44-49,51-55H,3-5,7,9-10,15-16,21,24-26,28,30-41H2,1-2H3,(H,56,57)/b8-6-,13-11-,14-12-,19-17-,20-18-,23-22-,29-27-. The fraction of sp³-hybridized carbons (Fsp3) is 0.694. The van der Waals surface area contributed by atoms with E-state index in [0.717, 1.165) is 103 Å². The second-order valence-electron chi connectivity index (χ2n) is 15.9. The molecule has 0 radical (unpaired) electrons. The number of hydrogen-bond acceptors (Lipinski definition) is 11. The summed E-state index contributed by atoms with van der Waals surface area (Å²) in [5.41, 5.74) is 0. The van der Waals surface area contributed by atoms with Crippen LogP contribution in [-0.2, 0) is 27.9 Å². The molecule has 0 spiro atoms. The van der Waals surface area contributed by atoms with Crippen LogP contribution in [0.2, 0.25) is 0 Å². The van der Waals surface area contributed by atoms with Gasteiger partial charge in [-0.1, -0.05) is 144 Å². The Morgan fingerprint density at radius 3 is 1.45 bits per heavy atom. The van der Waals surface area contributed by atoms with E-state index in [0.29, 0.717) is 13.0 Å². The van der Waals surface area contributed by atoms with E-state index < -0.39 is 63.1 Å². The minimum atomic E-state index is -5.04. The summed E-state index contributed by atoms with van der Waals surface area (Å²) >= 11 is 0. The molecule has 1 aliphatic carbocycles. The van der Waals surface area contributed by atoms with Gasteiger partial charge in [-0.05, 0) is 89.9 Å². The molecule has 0 saturated heterocycles. The van der Waals surface area contributed by atoms with Crippen molar-refractivity contribution in [3.63, 3.8) is 0 Å². The van der Waals surface area contributed by atoms with E-state index in [2.05, 4.69) is 98.9 Å². The summed E-state index contributed by atoms with van der Waals surface area (Å²) in [5.74, 6) is -0.505. The van der Waals surface area contributed by atoms with E-state index in [1.165, 1.54) is 25.7 Å². The zero-order chi connectivity index (χ0) is 45.5. The van der Waals surface area contributed by atoms with Gasteiger partial charge in [-0.3, -0.25) is 13.8 Å². The number of carbonyl (C=O) groups excluding carboxylic acids is 1. The van der Waals surface area contributed by atoms with E-state index in [4.69, 9.17) is 18.5 Å². The van der Waals surface area contributed by atoms with Crippen LogP contribution >= 0.6 is 7.82 Å². The number of aliphatic hydroxyl groups excluding tert-OH is 5.